The fraction of sp³-hybridized carbons (Fsp3) is 0.917. The minimum atomic E-state index is 0.0107. The van der Waals surface area contributed by atoms with Gasteiger partial charge in [0, 0.05) is 6.04 Å². The van der Waals surface area contributed by atoms with Gasteiger partial charge in [0.25, 0.3) is 0 Å². The van der Waals surface area contributed by atoms with Crippen molar-refractivity contribution in [3.05, 3.63) is 0 Å². The minimum absolute atomic E-state index is 0.0107. The Balaban J connectivity index is 2.02. The molecule has 2 saturated carbocycles. The molecule has 2 nitrogen and oxygen atoms in total. The molecule has 2 aliphatic carbocycles. The molecule has 1 N–H and O–H groups in total. The first kappa shape index (κ1) is 9.98. The minimum Gasteiger partial charge on any atom is -0.315 e. The molecule has 0 spiro atoms. The zero-order chi connectivity index (χ0) is 10.0. The fourth-order valence-electron chi connectivity index (χ4n) is 3.06. The monoisotopic (exact) mass is 192 g/mol. The lowest BCUT2D eigenvalue weighted by molar-refractivity contribution is 0.230. The molecule has 2 rings (SSSR count). The van der Waals surface area contributed by atoms with E-state index in [1.54, 1.807) is 0 Å². The maximum atomic E-state index is 9.20. The highest BCUT2D eigenvalue weighted by molar-refractivity contribution is 5.17. The Bertz CT molecular complexity index is 231. The smallest absolute Gasteiger partial charge is 0.0730 e. The van der Waals surface area contributed by atoms with Crippen molar-refractivity contribution in [1.29, 1.82) is 5.26 Å². The molecular formula is C12H20N2. The molecule has 0 bridgehead atoms. The van der Waals surface area contributed by atoms with Crippen LogP contribution in [0.5, 0.6) is 0 Å². The van der Waals surface area contributed by atoms with E-state index in [4.69, 9.17) is 0 Å². The highest BCUT2D eigenvalue weighted by Crippen LogP contribution is 2.51. The van der Waals surface area contributed by atoms with Gasteiger partial charge in [0.15, 0.2) is 0 Å². The van der Waals surface area contributed by atoms with Crippen LogP contribution >= 0.6 is 0 Å². The van der Waals surface area contributed by atoms with E-state index in [9.17, 15) is 5.26 Å². The van der Waals surface area contributed by atoms with Gasteiger partial charge in [-0.1, -0.05) is 19.3 Å². The Morgan fingerprint density at radius 1 is 1.29 bits per heavy atom. The predicted molar refractivity (Wildman–Crippen MR) is 56.7 cm³/mol. The van der Waals surface area contributed by atoms with E-state index in [2.05, 4.69) is 11.4 Å². The van der Waals surface area contributed by atoms with Gasteiger partial charge < -0.3 is 5.32 Å². The summed E-state index contributed by atoms with van der Waals surface area (Å²) in [5.74, 6) is 0.760. The molecule has 2 fully saturated rings. The number of nitriles is 1. The van der Waals surface area contributed by atoms with Crippen LogP contribution in [0.4, 0.5) is 0 Å². The molecule has 0 amide bonds. The average Bonchev–Trinajstić information content (AvgIpc) is 3.02. The quantitative estimate of drug-likeness (QED) is 0.745. The summed E-state index contributed by atoms with van der Waals surface area (Å²) in [6.45, 7) is 0. The first-order valence-corrected chi connectivity index (χ1v) is 5.91. The summed E-state index contributed by atoms with van der Waals surface area (Å²) >= 11 is 0. The molecular weight excluding hydrogens is 172 g/mol. The molecule has 0 heterocycles. The first-order chi connectivity index (χ1) is 6.82. The number of hydrogen-bond acceptors (Lipinski definition) is 2. The zero-order valence-electron chi connectivity index (χ0n) is 9.05. The van der Waals surface area contributed by atoms with Gasteiger partial charge >= 0.3 is 0 Å². The highest BCUT2D eigenvalue weighted by Gasteiger charge is 2.51. The van der Waals surface area contributed by atoms with E-state index < -0.39 is 0 Å². The third-order valence-electron chi connectivity index (χ3n) is 4.04. The molecule has 78 valence electrons. The second kappa shape index (κ2) is 3.90. The highest BCUT2D eigenvalue weighted by atomic mass is 14.9. The first-order valence-electron chi connectivity index (χ1n) is 5.91. The topological polar surface area (TPSA) is 35.8 Å². The van der Waals surface area contributed by atoms with Crippen molar-refractivity contribution in [2.75, 3.05) is 7.05 Å². The van der Waals surface area contributed by atoms with Gasteiger partial charge in [0.05, 0.1) is 11.5 Å². The van der Waals surface area contributed by atoms with Crippen LogP contribution in [0.1, 0.15) is 44.9 Å². The molecule has 2 aliphatic rings. The number of nitrogens with one attached hydrogen (secondary N) is 1. The van der Waals surface area contributed by atoms with Crippen molar-refractivity contribution in [3.8, 4) is 6.07 Å². The van der Waals surface area contributed by atoms with E-state index in [1.165, 1.54) is 32.1 Å². The lowest BCUT2D eigenvalue weighted by Gasteiger charge is -2.33. The van der Waals surface area contributed by atoms with Gasteiger partial charge in [-0.2, -0.15) is 5.26 Å². The summed E-state index contributed by atoms with van der Waals surface area (Å²) < 4.78 is 0. The molecule has 0 aromatic carbocycles. The summed E-state index contributed by atoms with van der Waals surface area (Å²) in [5.41, 5.74) is 0.0107. The Kier molecular flexibility index (Phi) is 2.78. The Labute approximate surface area is 86.7 Å². The molecule has 1 unspecified atom stereocenters. The molecule has 2 heteroatoms. The SMILES string of the molecule is CNC(C1CCCCC1)C1(C#N)CC1. The van der Waals surface area contributed by atoms with Crippen LogP contribution in [0, 0.1) is 22.7 Å². The van der Waals surface area contributed by atoms with Gasteiger partial charge in [-0.15, -0.1) is 0 Å². The van der Waals surface area contributed by atoms with Gasteiger partial charge in [-0.3, -0.25) is 0 Å². The van der Waals surface area contributed by atoms with E-state index in [1.807, 2.05) is 7.05 Å². The summed E-state index contributed by atoms with van der Waals surface area (Å²) in [6, 6.07) is 3.00. The summed E-state index contributed by atoms with van der Waals surface area (Å²) in [7, 11) is 2.02. The lowest BCUT2D eigenvalue weighted by Crippen LogP contribution is -2.41. The van der Waals surface area contributed by atoms with E-state index in [0.29, 0.717) is 6.04 Å². The van der Waals surface area contributed by atoms with Crippen molar-refractivity contribution in [3.63, 3.8) is 0 Å². The summed E-state index contributed by atoms with van der Waals surface area (Å²) in [6.07, 6.45) is 9.02. The van der Waals surface area contributed by atoms with E-state index in [-0.39, 0.29) is 5.41 Å². The van der Waals surface area contributed by atoms with Crippen molar-refractivity contribution < 1.29 is 0 Å². The van der Waals surface area contributed by atoms with Crippen LogP contribution in [0.15, 0.2) is 0 Å². The third-order valence-corrected chi connectivity index (χ3v) is 4.04. The molecule has 0 aromatic rings. The number of rotatable bonds is 3. The van der Waals surface area contributed by atoms with Crippen molar-refractivity contribution >= 4 is 0 Å². The molecule has 0 saturated heterocycles. The van der Waals surface area contributed by atoms with Gasteiger partial charge in [0.1, 0.15) is 0 Å². The van der Waals surface area contributed by atoms with Crippen LogP contribution < -0.4 is 5.32 Å². The van der Waals surface area contributed by atoms with Crippen molar-refractivity contribution in [2.45, 2.75) is 51.0 Å². The Hall–Kier alpha value is -0.550. The van der Waals surface area contributed by atoms with E-state index >= 15 is 0 Å². The molecule has 14 heavy (non-hydrogen) atoms. The standard InChI is InChI=1S/C12H20N2/c1-14-11(12(9-13)7-8-12)10-5-3-2-4-6-10/h10-11,14H,2-8H2,1H3. The van der Waals surface area contributed by atoms with Crippen LogP contribution in [0.25, 0.3) is 0 Å². The maximum Gasteiger partial charge on any atom is 0.0730 e. The van der Waals surface area contributed by atoms with Crippen molar-refractivity contribution in [2.24, 2.45) is 11.3 Å². The average molecular weight is 192 g/mol. The summed E-state index contributed by atoms with van der Waals surface area (Å²) in [4.78, 5) is 0. The predicted octanol–water partition coefficient (Wildman–Crippen LogP) is 2.46. The second-order valence-electron chi connectivity index (χ2n) is 4.93. The van der Waals surface area contributed by atoms with Crippen molar-refractivity contribution in [1.82, 2.24) is 5.32 Å². The Morgan fingerprint density at radius 3 is 2.36 bits per heavy atom. The van der Waals surface area contributed by atoms with Gasteiger partial charge in [-0.05, 0) is 38.6 Å². The van der Waals surface area contributed by atoms with Crippen LogP contribution in [0.3, 0.4) is 0 Å². The fourth-order valence-corrected chi connectivity index (χ4v) is 3.06. The van der Waals surface area contributed by atoms with Gasteiger partial charge in [0.2, 0.25) is 0 Å². The zero-order valence-corrected chi connectivity index (χ0v) is 9.05. The van der Waals surface area contributed by atoms with Gasteiger partial charge in [-0.25, -0.2) is 0 Å². The third kappa shape index (κ3) is 1.66. The Morgan fingerprint density at radius 2 is 1.93 bits per heavy atom. The lowest BCUT2D eigenvalue weighted by atomic mass is 9.77. The molecule has 0 radical (unpaired) electrons. The maximum absolute atomic E-state index is 9.20. The molecule has 1 atom stereocenters. The largest absolute Gasteiger partial charge is 0.315 e. The van der Waals surface area contributed by atoms with Crippen LogP contribution in [-0.4, -0.2) is 13.1 Å². The molecule has 0 aromatic heterocycles. The number of hydrogen-bond donors (Lipinski definition) is 1. The number of nitrogens with zero attached hydrogens (tertiary/aromatic N) is 1. The van der Waals surface area contributed by atoms with E-state index in [0.717, 1.165) is 18.8 Å². The van der Waals surface area contributed by atoms with Crippen LogP contribution in [-0.2, 0) is 0 Å². The normalized spacial score (nSPS) is 28.0. The second-order valence-corrected chi connectivity index (χ2v) is 4.93. The molecule has 0 aliphatic heterocycles. The summed E-state index contributed by atoms with van der Waals surface area (Å²) in [5, 5.41) is 12.6. The van der Waals surface area contributed by atoms with Crippen LogP contribution in [0.2, 0.25) is 0 Å².